The summed E-state index contributed by atoms with van der Waals surface area (Å²) in [5.41, 5.74) is 0. The quantitative estimate of drug-likeness (QED) is 0.0756. The van der Waals surface area contributed by atoms with Crippen LogP contribution >= 0.6 is 0 Å². The molecule has 0 aliphatic heterocycles. The summed E-state index contributed by atoms with van der Waals surface area (Å²) in [7, 11) is -3.32. The zero-order chi connectivity index (χ0) is 23.4. The minimum absolute atomic E-state index is 0. The van der Waals surface area contributed by atoms with Gasteiger partial charge in [0, 0.05) is 29.6 Å². The number of carbonyl (C=O) groups is 1. The van der Waals surface area contributed by atoms with Crippen molar-refractivity contribution in [3.8, 4) is 0 Å². The molecule has 0 aromatic carbocycles. The molecule has 5 nitrogen and oxygen atoms in total. The molecule has 0 aromatic rings. The van der Waals surface area contributed by atoms with E-state index in [0.717, 1.165) is 38.5 Å². The fourth-order valence-electron chi connectivity index (χ4n) is 4.32. The molecule has 0 saturated heterocycles. The first kappa shape index (κ1) is 34.5. The summed E-state index contributed by atoms with van der Waals surface area (Å²) in [4.78, 5) is 12.4. The fourth-order valence-corrected chi connectivity index (χ4v) is 5.42. The largest absolute Gasteiger partial charge is 0.468 e. The molecule has 1 unspecified atom stereocenters. The van der Waals surface area contributed by atoms with E-state index in [9.17, 15) is 17.8 Å². The first-order chi connectivity index (χ1) is 14.9. The standard InChI is InChI=1S/C25H50O5S.Na/c1-4-6-8-10-12-14-15-17-19-21-23-25(24(26)30-3,31(27,28)29)22-20-18-16-13-11-9-7-5-2;/h4-23H2,1-3H3,(H,27,28,29);. The molecule has 7 heteroatoms. The first-order valence-corrected chi connectivity index (χ1v) is 14.3. The first-order valence-electron chi connectivity index (χ1n) is 12.9. The van der Waals surface area contributed by atoms with Crippen molar-refractivity contribution in [1.29, 1.82) is 0 Å². The van der Waals surface area contributed by atoms with Crippen LogP contribution in [0.3, 0.4) is 0 Å². The van der Waals surface area contributed by atoms with E-state index < -0.39 is 20.8 Å². The van der Waals surface area contributed by atoms with E-state index in [0.29, 0.717) is 12.8 Å². The van der Waals surface area contributed by atoms with Crippen LogP contribution in [0.4, 0.5) is 0 Å². The van der Waals surface area contributed by atoms with Crippen molar-refractivity contribution in [3.05, 3.63) is 0 Å². The average Bonchev–Trinajstić information content (AvgIpc) is 2.74. The number of hydrogen-bond donors (Lipinski definition) is 1. The fraction of sp³-hybridized carbons (Fsp3) is 0.960. The van der Waals surface area contributed by atoms with Gasteiger partial charge < -0.3 is 4.74 Å². The van der Waals surface area contributed by atoms with Crippen LogP contribution in [0.25, 0.3) is 0 Å². The van der Waals surface area contributed by atoms with Gasteiger partial charge in [-0.3, -0.25) is 9.35 Å². The molecule has 0 aliphatic rings. The summed E-state index contributed by atoms with van der Waals surface area (Å²) in [6.07, 6.45) is 20.2. The molecule has 0 heterocycles. The van der Waals surface area contributed by atoms with Crippen molar-refractivity contribution in [2.24, 2.45) is 0 Å². The van der Waals surface area contributed by atoms with Gasteiger partial charge in [0.1, 0.15) is 0 Å². The Morgan fingerprint density at radius 1 is 0.656 bits per heavy atom. The molecule has 0 bridgehead atoms. The molecule has 187 valence electrons. The van der Waals surface area contributed by atoms with Crippen LogP contribution in [0.1, 0.15) is 142 Å². The maximum Gasteiger partial charge on any atom is 0.329 e. The Balaban J connectivity index is 0. The maximum atomic E-state index is 12.4. The Morgan fingerprint density at radius 3 is 1.19 bits per heavy atom. The molecule has 0 fully saturated rings. The van der Waals surface area contributed by atoms with Crippen LogP contribution in [0, 0.1) is 0 Å². The molecule has 0 amide bonds. The zero-order valence-electron chi connectivity index (χ0n) is 21.6. The third kappa shape index (κ3) is 15.3. The van der Waals surface area contributed by atoms with Gasteiger partial charge in [-0.25, -0.2) is 0 Å². The Kier molecular flexibility index (Phi) is 23.6. The number of rotatable bonds is 22. The molecule has 0 rings (SSSR count). The van der Waals surface area contributed by atoms with E-state index in [4.69, 9.17) is 4.74 Å². The summed E-state index contributed by atoms with van der Waals surface area (Å²) in [6.45, 7) is 4.41. The monoisotopic (exact) mass is 485 g/mol. The third-order valence-corrected chi connectivity index (χ3v) is 7.98. The maximum absolute atomic E-state index is 12.4. The van der Waals surface area contributed by atoms with Gasteiger partial charge in [0.15, 0.2) is 4.75 Å². The van der Waals surface area contributed by atoms with Crippen molar-refractivity contribution in [2.75, 3.05) is 7.11 Å². The topological polar surface area (TPSA) is 80.7 Å². The molecule has 0 aliphatic carbocycles. The Hall–Kier alpha value is 0.380. The number of carbonyl (C=O) groups excluding carboxylic acids is 1. The molecule has 0 saturated carbocycles. The summed E-state index contributed by atoms with van der Waals surface area (Å²) in [5, 5.41) is 0. The Bertz CT molecular complexity index is 538. The number of methoxy groups -OCH3 is 1. The second kappa shape index (κ2) is 21.9. The summed E-state index contributed by atoms with van der Waals surface area (Å²) in [6, 6.07) is 0. The second-order valence-corrected chi connectivity index (χ2v) is 10.8. The van der Waals surface area contributed by atoms with Crippen LogP contribution < -0.4 is 0 Å². The molecule has 0 aromatic heterocycles. The van der Waals surface area contributed by atoms with Crippen LogP contribution in [0.15, 0.2) is 0 Å². The summed E-state index contributed by atoms with van der Waals surface area (Å²) in [5.74, 6) is -0.811. The van der Waals surface area contributed by atoms with E-state index in [1.165, 1.54) is 71.3 Å². The van der Waals surface area contributed by atoms with E-state index in [2.05, 4.69) is 13.8 Å². The van der Waals surface area contributed by atoms with Crippen molar-refractivity contribution in [1.82, 2.24) is 0 Å². The van der Waals surface area contributed by atoms with Gasteiger partial charge in [0.2, 0.25) is 0 Å². The molecule has 1 N–H and O–H groups in total. The number of hydrogen-bond acceptors (Lipinski definition) is 4. The molecular weight excluding hydrogens is 435 g/mol. The number of unbranched alkanes of at least 4 members (excludes halogenated alkanes) is 16. The summed E-state index contributed by atoms with van der Waals surface area (Å²) >= 11 is 0. The van der Waals surface area contributed by atoms with Crippen molar-refractivity contribution in [3.63, 3.8) is 0 Å². The molecule has 1 atom stereocenters. The number of esters is 1. The predicted octanol–water partition coefficient (Wildman–Crippen LogP) is 7.25. The van der Waals surface area contributed by atoms with Crippen LogP contribution in [0.2, 0.25) is 0 Å². The van der Waals surface area contributed by atoms with E-state index in [1.807, 2.05) is 0 Å². The molecule has 1 radical (unpaired) electrons. The van der Waals surface area contributed by atoms with E-state index in [1.54, 1.807) is 0 Å². The van der Waals surface area contributed by atoms with Crippen LogP contribution in [-0.2, 0) is 19.6 Å². The van der Waals surface area contributed by atoms with Crippen molar-refractivity contribution < 1.29 is 22.5 Å². The zero-order valence-corrected chi connectivity index (χ0v) is 24.4. The van der Waals surface area contributed by atoms with Crippen molar-refractivity contribution in [2.45, 2.75) is 147 Å². The van der Waals surface area contributed by atoms with Crippen LogP contribution in [-0.4, -0.2) is 60.4 Å². The van der Waals surface area contributed by atoms with Gasteiger partial charge in [-0.15, -0.1) is 0 Å². The number of ether oxygens (including phenoxy) is 1. The van der Waals surface area contributed by atoms with Gasteiger partial charge in [-0.1, -0.05) is 129 Å². The summed E-state index contributed by atoms with van der Waals surface area (Å²) < 4.78 is 37.4. The minimum Gasteiger partial charge on any atom is -0.468 e. The molecule has 32 heavy (non-hydrogen) atoms. The molecule has 0 spiro atoms. The van der Waals surface area contributed by atoms with Gasteiger partial charge in [-0.05, 0) is 12.8 Å². The smallest absolute Gasteiger partial charge is 0.329 e. The van der Waals surface area contributed by atoms with E-state index in [-0.39, 0.29) is 42.4 Å². The Labute approximate surface area is 221 Å². The van der Waals surface area contributed by atoms with Crippen LogP contribution in [0.5, 0.6) is 0 Å². The van der Waals surface area contributed by atoms with Gasteiger partial charge in [-0.2, -0.15) is 8.42 Å². The van der Waals surface area contributed by atoms with E-state index >= 15 is 0 Å². The Morgan fingerprint density at radius 2 is 0.938 bits per heavy atom. The average molecular weight is 486 g/mol. The second-order valence-electron chi connectivity index (χ2n) is 9.12. The predicted molar refractivity (Wildman–Crippen MR) is 136 cm³/mol. The normalized spacial score (nSPS) is 13.4. The van der Waals surface area contributed by atoms with Crippen molar-refractivity contribution >= 4 is 45.6 Å². The van der Waals surface area contributed by atoms with Gasteiger partial charge in [0.05, 0.1) is 7.11 Å². The van der Waals surface area contributed by atoms with Gasteiger partial charge in [0.25, 0.3) is 10.1 Å². The minimum atomic E-state index is -4.53. The van der Waals surface area contributed by atoms with Gasteiger partial charge >= 0.3 is 5.97 Å². The third-order valence-electron chi connectivity index (χ3n) is 6.42. The SMILES string of the molecule is CCCCCCCCCCCCC(CCCCCCCCCC)(C(=O)OC)S(=O)(=O)O.[Na]. The molecular formula is C25H50NaO5S.